The summed E-state index contributed by atoms with van der Waals surface area (Å²) in [6.45, 7) is 22.1. The van der Waals surface area contributed by atoms with Crippen LogP contribution in [0.25, 0.3) is 27.8 Å². The Labute approximate surface area is 292 Å². The number of aryl methyl sites for hydroxylation is 1. The standard InChI is InChI=1S/C19H21N5.C13H20FNS.C3H8.C2H6.CH3Cl/c1-3-6-12(2)19-23-16(17-18(20)21-9-10-24(17)19)15-11-13-7-4-5-8-14(13)22-15;1-5-15-10(3)11(4)16-13-8-12(14)7-6-9(13)2;1-3-2;2*1-2/h4-5,7-12,22H,3,6H2,1-2H3,(H2,20,21);6-8,10-11,15H,5H2,1-4H3;3H2,1-2H3;1-2H3;1H3. The van der Waals surface area contributed by atoms with E-state index in [0.717, 1.165) is 58.1 Å². The third-order valence-electron chi connectivity index (χ3n) is 7.25. The topological polar surface area (TPSA) is 84.0 Å². The van der Waals surface area contributed by atoms with Crippen molar-refractivity contribution in [3.8, 4) is 11.4 Å². The molecule has 0 saturated carbocycles. The number of aromatic amines is 1. The number of hydrogen-bond acceptors (Lipinski definition) is 5. The van der Waals surface area contributed by atoms with Gasteiger partial charge in [0.15, 0.2) is 0 Å². The molecule has 3 unspecified atom stereocenters. The number of hydrogen-bond donors (Lipinski definition) is 3. The number of nitrogens with zero attached hydrogens (tertiary/aromatic N) is 3. The summed E-state index contributed by atoms with van der Waals surface area (Å²) in [7, 11) is 0. The lowest BCUT2D eigenvalue weighted by Crippen LogP contribution is -2.33. The van der Waals surface area contributed by atoms with Crippen LogP contribution in [0, 0.1) is 12.7 Å². The van der Waals surface area contributed by atoms with Gasteiger partial charge in [0.1, 0.15) is 28.7 Å². The number of halogens is 2. The van der Waals surface area contributed by atoms with Crippen LogP contribution in [0.1, 0.15) is 98.9 Å². The molecule has 3 heterocycles. The van der Waals surface area contributed by atoms with Gasteiger partial charge in [-0.05, 0) is 56.6 Å². The van der Waals surface area contributed by atoms with Gasteiger partial charge >= 0.3 is 0 Å². The molecule has 5 aromatic rings. The van der Waals surface area contributed by atoms with Crippen molar-refractivity contribution in [3.63, 3.8) is 0 Å². The number of nitrogens with one attached hydrogen (secondary N) is 2. The Morgan fingerprint density at radius 1 is 1.02 bits per heavy atom. The molecule has 6 nitrogen and oxygen atoms in total. The number of nitrogens with two attached hydrogens (primary N) is 1. The second-order valence-electron chi connectivity index (χ2n) is 11.1. The Morgan fingerprint density at radius 2 is 1.68 bits per heavy atom. The van der Waals surface area contributed by atoms with Gasteiger partial charge in [-0.2, -0.15) is 0 Å². The number of rotatable bonds is 9. The van der Waals surface area contributed by atoms with Gasteiger partial charge in [-0.1, -0.05) is 92.5 Å². The average molecular weight is 685 g/mol. The molecule has 0 radical (unpaired) electrons. The number of H-pyrrole nitrogens is 1. The van der Waals surface area contributed by atoms with Crippen LogP contribution in [0.15, 0.2) is 65.8 Å². The van der Waals surface area contributed by atoms with Gasteiger partial charge in [0.25, 0.3) is 0 Å². The molecule has 3 atom stereocenters. The van der Waals surface area contributed by atoms with E-state index in [1.807, 2.05) is 45.2 Å². The highest BCUT2D eigenvalue weighted by Crippen LogP contribution is 2.33. The minimum atomic E-state index is -0.156. The number of aromatic nitrogens is 4. The fourth-order valence-electron chi connectivity index (χ4n) is 4.88. The van der Waals surface area contributed by atoms with Crippen molar-refractivity contribution >= 4 is 45.6 Å². The number of thioether (sulfide) groups is 1. The van der Waals surface area contributed by atoms with Gasteiger partial charge in [0.05, 0.1) is 5.69 Å². The number of anilines is 1. The van der Waals surface area contributed by atoms with E-state index in [-0.39, 0.29) is 5.82 Å². The largest absolute Gasteiger partial charge is 0.382 e. The molecular formula is C38H58ClFN6S. The highest BCUT2D eigenvalue weighted by Gasteiger charge is 2.20. The van der Waals surface area contributed by atoms with Crippen LogP contribution in [0.3, 0.4) is 0 Å². The van der Waals surface area contributed by atoms with Crippen LogP contribution >= 0.6 is 23.4 Å². The van der Waals surface area contributed by atoms with Gasteiger partial charge < -0.3 is 16.0 Å². The van der Waals surface area contributed by atoms with Crippen molar-refractivity contribution < 1.29 is 4.39 Å². The maximum absolute atomic E-state index is 13.1. The Morgan fingerprint density at radius 3 is 2.30 bits per heavy atom. The van der Waals surface area contributed by atoms with Gasteiger partial charge in [-0.15, -0.1) is 23.4 Å². The third kappa shape index (κ3) is 12.2. The quantitative estimate of drug-likeness (QED) is 0.106. The summed E-state index contributed by atoms with van der Waals surface area (Å²) in [5.41, 5.74) is 11.1. The zero-order valence-corrected chi connectivity index (χ0v) is 32.0. The molecule has 4 N–H and O–H groups in total. The van der Waals surface area contributed by atoms with Gasteiger partial charge in [-0.3, -0.25) is 4.40 Å². The smallest absolute Gasteiger partial charge is 0.150 e. The lowest BCUT2D eigenvalue weighted by Gasteiger charge is -2.21. The summed E-state index contributed by atoms with van der Waals surface area (Å²) < 4.78 is 15.2. The van der Waals surface area contributed by atoms with Crippen molar-refractivity contribution in [2.24, 2.45) is 0 Å². The van der Waals surface area contributed by atoms with Gasteiger partial charge in [-0.25, -0.2) is 14.4 Å². The monoisotopic (exact) mass is 684 g/mol. The molecule has 2 aromatic carbocycles. The van der Waals surface area contributed by atoms with Crippen molar-refractivity contribution in [1.82, 2.24) is 24.7 Å². The van der Waals surface area contributed by atoms with E-state index < -0.39 is 0 Å². The molecular weight excluding hydrogens is 627 g/mol. The van der Waals surface area contributed by atoms with Crippen LogP contribution in [-0.4, -0.2) is 43.6 Å². The highest BCUT2D eigenvalue weighted by atomic mass is 35.5. The van der Waals surface area contributed by atoms with Gasteiger partial charge in [0.2, 0.25) is 0 Å². The highest BCUT2D eigenvalue weighted by molar-refractivity contribution is 8.00. The Bertz CT molecular complexity index is 1550. The molecule has 0 aliphatic rings. The molecule has 0 aliphatic heterocycles. The SMILES string of the molecule is CC.CCC.CCCC(C)c1nc(-c2cc3ccccc3[nH]2)c2c(N)nccn12.CCNC(C)C(C)Sc1cc(F)ccc1C.CCl. The molecule has 0 bridgehead atoms. The molecule has 0 aliphatic carbocycles. The molecule has 3 aromatic heterocycles. The van der Waals surface area contributed by atoms with Crippen molar-refractivity contribution in [3.05, 3.63) is 78.1 Å². The minimum absolute atomic E-state index is 0.156. The fourth-order valence-corrected chi connectivity index (χ4v) is 6.01. The second-order valence-corrected chi connectivity index (χ2v) is 12.5. The number of fused-ring (bicyclic) bond motifs is 2. The first-order chi connectivity index (χ1) is 22.6. The van der Waals surface area contributed by atoms with Gasteiger partial charge in [0, 0.05) is 51.8 Å². The molecule has 260 valence electrons. The van der Waals surface area contributed by atoms with Crippen LogP contribution in [0.5, 0.6) is 0 Å². The molecule has 5 rings (SSSR count). The summed E-state index contributed by atoms with van der Waals surface area (Å²) in [5, 5.41) is 4.98. The lowest BCUT2D eigenvalue weighted by atomic mass is 10.1. The molecule has 0 saturated heterocycles. The van der Waals surface area contributed by atoms with Crippen LogP contribution < -0.4 is 11.1 Å². The van der Waals surface area contributed by atoms with Crippen molar-refractivity contribution in [2.75, 3.05) is 18.7 Å². The van der Waals surface area contributed by atoms with E-state index in [0.29, 0.717) is 23.0 Å². The average Bonchev–Trinajstić information content (AvgIpc) is 3.68. The predicted molar refractivity (Wildman–Crippen MR) is 207 cm³/mol. The van der Waals surface area contributed by atoms with E-state index in [1.165, 1.54) is 24.3 Å². The van der Waals surface area contributed by atoms with Crippen molar-refractivity contribution in [1.29, 1.82) is 0 Å². The number of imidazole rings is 1. The number of para-hydroxylation sites is 1. The Balaban J connectivity index is 0.000000418. The van der Waals surface area contributed by atoms with Crippen LogP contribution in [0.4, 0.5) is 10.2 Å². The van der Waals surface area contributed by atoms with Crippen LogP contribution in [0.2, 0.25) is 0 Å². The summed E-state index contributed by atoms with van der Waals surface area (Å²) in [6.07, 6.45) is 8.62. The number of benzene rings is 2. The Kier molecular flexibility index (Phi) is 20.1. The predicted octanol–water partition coefficient (Wildman–Crippen LogP) is 11.3. The van der Waals surface area contributed by atoms with Crippen LogP contribution in [-0.2, 0) is 0 Å². The van der Waals surface area contributed by atoms with E-state index >= 15 is 0 Å². The van der Waals surface area contributed by atoms with E-state index in [9.17, 15) is 4.39 Å². The number of nitrogen functional groups attached to an aromatic ring is 1. The molecule has 0 spiro atoms. The maximum atomic E-state index is 13.1. The van der Waals surface area contributed by atoms with E-state index in [1.54, 1.807) is 24.0 Å². The summed E-state index contributed by atoms with van der Waals surface area (Å²) >= 11 is 6.37. The fraction of sp³-hybridized carbons (Fsp3) is 0.474. The zero-order chi connectivity index (χ0) is 35.5. The first kappa shape index (κ1) is 42.0. The zero-order valence-electron chi connectivity index (χ0n) is 30.4. The maximum Gasteiger partial charge on any atom is 0.150 e. The van der Waals surface area contributed by atoms with E-state index in [4.69, 9.17) is 10.7 Å². The normalized spacial score (nSPS) is 12.3. The molecule has 0 amide bonds. The molecule has 0 fully saturated rings. The minimum Gasteiger partial charge on any atom is -0.382 e. The Hall–Kier alpha value is -3.07. The third-order valence-corrected chi connectivity index (χ3v) is 8.72. The summed E-state index contributed by atoms with van der Waals surface area (Å²) in [5.74, 6) is 1.75. The van der Waals surface area contributed by atoms with E-state index in [2.05, 4.69) is 98.0 Å². The molecule has 47 heavy (non-hydrogen) atoms. The first-order valence-corrected chi connectivity index (χ1v) is 18.5. The molecule has 9 heteroatoms. The first-order valence-electron chi connectivity index (χ1n) is 16.9. The summed E-state index contributed by atoms with van der Waals surface area (Å²) in [4.78, 5) is 13.7. The number of alkyl halides is 1. The summed E-state index contributed by atoms with van der Waals surface area (Å²) in [6, 6.07) is 15.7. The lowest BCUT2D eigenvalue weighted by molar-refractivity contribution is 0.563. The second kappa shape index (κ2) is 22.5. The van der Waals surface area contributed by atoms with Crippen molar-refractivity contribution in [2.45, 2.75) is 111 Å².